The van der Waals surface area contributed by atoms with Crippen molar-refractivity contribution in [2.45, 2.75) is 43.9 Å². The van der Waals surface area contributed by atoms with Gasteiger partial charge in [0.15, 0.2) is 11.6 Å². The maximum absolute atomic E-state index is 17.2. The number of phenols is 1. The fourth-order valence-corrected chi connectivity index (χ4v) is 8.04. The monoisotopic (exact) mass is 658 g/mol. The Morgan fingerprint density at radius 2 is 2.04 bits per heavy atom. The summed E-state index contributed by atoms with van der Waals surface area (Å²) in [7, 11) is 0. The van der Waals surface area contributed by atoms with E-state index in [1.807, 2.05) is 48.2 Å². The number of nitrogens with zero attached hydrogens (tertiary/aromatic N) is 5. The van der Waals surface area contributed by atoms with Gasteiger partial charge < -0.3 is 25.2 Å². The number of fused-ring (bicyclic) bond motifs is 2. The van der Waals surface area contributed by atoms with Crippen LogP contribution in [0.25, 0.3) is 32.8 Å². The number of aromatic hydroxyl groups is 1. The molecule has 0 aliphatic carbocycles. The van der Waals surface area contributed by atoms with E-state index in [4.69, 9.17) is 31.8 Å². The molecule has 47 heavy (non-hydrogen) atoms. The number of hydrogen-bond acceptors (Lipinski definition) is 9. The van der Waals surface area contributed by atoms with Crippen LogP contribution in [0.3, 0.4) is 0 Å². The molecule has 2 saturated heterocycles. The van der Waals surface area contributed by atoms with Crippen molar-refractivity contribution in [3.8, 4) is 28.6 Å². The van der Waals surface area contributed by atoms with Gasteiger partial charge in [0.2, 0.25) is 0 Å². The maximum Gasteiger partial charge on any atom is 0.319 e. The van der Waals surface area contributed by atoms with Gasteiger partial charge in [-0.3, -0.25) is 4.90 Å². The molecule has 242 valence electrons. The number of rotatable bonds is 6. The zero-order valence-electron chi connectivity index (χ0n) is 25.7. The molecule has 2 fully saturated rings. The number of halogens is 3. The summed E-state index contributed by atoms with van der Waals surface area (Å²) in [5.74, 6) is 0.229. The lowest BCUT2D eigenvalue weighted by atomic mass is 9.95. The Morgan fingerprint density at radius 3 is 2.89 bits per heavy atom. The van der Waals surface area contributed by atoms with Gasteiger partial charge >= 0.3 is 6.01 Å². The first-order valence-corrected chi connectivity index (χ1v) is 16.2. The largest absolute Gasteiger partial charge is 0.508 e. The number of hydrogen-bond donors (Lipinski definition) is 2. The fourth-order valence-electron chi connectivity index (χ4n) is 7.71. The van der Waals surface area contributed by atoms with Crippen molar-refractivity contribution in [1.29, 1.82) is 0 Å². The summed E-state index contributed by atoms with van der Waals surface area (Å²) in [4.78, 5) is 17.9. The predicted octanol–water partition coefficient (Wildman–Crippen LogP) is 6.84. The number of aromatic nitrogens is 3. The summed E-state index contributed by atoms with van der Waals surface area (Å²) in [5.41, 5.74) is 7.00. The zero-order chi connectivity index (χ0) is 32.4. The first kappa shape index (κ1) is 29.9. The minimum absolute atomic E-state index is 0.0341. The molecule has 0 amide bonds. The normalized spacial score (nSPS) is 21.5. The molecule has 3 aromatic carbocycles. The van der Waals surface area contributed by atoms with Gasteiger partial charge in [-0.05, 0) is 60.8 Å². The molecule has 3 aliphatic heterocycles. The highest BCUT2D eigenvalue weighted by Crippen LogP contribution is 2.50. The van der Waals surface area contributed by atoms with E-state index in [0.717, 1.165) is 30.3 Å². The molecule has 5 aromatic rings. The second-order valence-electron chi connectivity index (χ2n) is 12.7. The second kappa shape index (κ2) is 11.3. The van der Waals surface area contributed by atoms with Crippen molar-refractivity contribution in [3.63, 3.8) is 0 Å². The van der Waals surface area contributed by atoms with E-state index in [1.165, 1.54) is 6.07 Å². The van der Waals surface area contributed by atoms with Crippen LogP contribution in [0.15, 0.2) is 54.7 Å². The van der Waals surface area contributed by atoms with Gasteiger partial charge in [-0.1, -0.05) is 41.9 Å². The molecule has 0 radical (unpaired) electrons. The van der Waals surface area contributed by atoms with E-state index in [0.29, 0.717) is 47.5 Å². The molecule has 8 rings (SSSR count). The summed E-state index contributed by atoms with van der Waals surface area (Å²) in [6, 6.07) is 13.8. The molecule has 3 atom stereocenters. The van der Waals surface area contributed by atoms with Crippen LogP contribution in [-0.2, 0) is 0 Å². The Bertz CT molecular complexity index is 2050. The molecule has 0 saturated carbocycles. The summed E-state index contributed by atoms with van der Waals surface area (Å²) in [6.45, 7) is 3.88. The Labute approximate surface area is 274 Å². The summed E-state index contributed by atoms with van der Waals surface area (Å²) < 4.78 is 44.3. The number of ether oxygens (including phenoxy) is 2. The number of phenolic OH excluding ortho intramolecular Hbond substituents is 1. The molecule has 3 aliphatic rings. The second-order valence-corrected chi connectivity index (χ2v) is 13.0. The molecular weight excluding hydrogens is 626 g/mol. The molecule has 0 unspecified atom stereocenters. The van der Waals surface area contributed by atoms with Gasteiger partial charge in [0, 0.05) is 30.3 Å². The van der Waals surface area contributed by atoms with Crippen LogP contribution in [0.4, 0.5) is 20.4 Å². The summed E-state index contributed by atoms with van der Waals surface area (Å²) in [5, 5.41) is 12.4. The SMILES string of the molecule is C[C@H](c1cccnc1N)N1CCOc2c(Cl)c(-c3cc(O)cc4ccccc34)c(F)c3nc(OC[C@@]45CCCN4C[C@H](F)C5)nc1c23. The Morgan fingerprint density at radius 1 is 1.19 bits per heavy atom. The van der Waals surface area contributed by atoms with Crippen molar-refractivity contribution < 1.29 is 23.4 Å². The quantitative estimate of drug-likeness (QED) is 0.203. The maximum atomic E-state index is 17.2. The average molecular weight is 659 g/mol. The molecular formula is C35H33ClF2N6O3. The Balaban J connectivity index is 1.34. The molecule has 9 nitrogen and oxygen atoms in total. The van der Waals surface area contributed by atoms with Crippen LogP contribution in [0.5, 0.6) is 17.5 Å². The number of benzene rings is 3. The van der Waals surface area contributed by atoms with E-state index in [1.54, 1.807) is 12.3 Å². The molecule has 0 bridgehead atoms. The zero-order valence-corrected chi connectivity index (χ0v) is 26.5. The minimum Gasteiger partial charge on any atom is -0.508 e. The topological polar surface area (TPSA) is 110 Å². The van der Waals surface area contributed by atoms with E-state index in [9.17, 15) is 9.50 Å². The van der Waals surface area contributed by atoms with Crippen LogP contribution >= 0.6 is 11.6 Å². The molecule has 2 aromatic heterocycles. The van der Waals surface area contributed by atoms with Gasteiger partial charge in [-0.2, -0.15) is 9.97 Å². The van der Waals surface area contributed by atoms with E-state index in [2.05, 4.69) is 14.9 Å². The highest BCUT2D eigenvalue weighted by atomic mass is 35.5. The number of nitrogens with two attached hydrogens (primary N) is 1. The number of anilines is 2. The number of alkyl halides is 1. The first-order chi connectivity index (χ1) is 22.7. The third-order valence-corrected chi connectivity index (χ3v) is 10.3. The molecule has 12 heteroatoms. The lowest BCUT2D eigenvalue weighted by molar-refractivity contribution is 0.107. The predicted molar refractivity (Wildman–Crippen MR) is 178 cm³/mol. The summed E-state index contributed by atoms with van der Waals surface area (Å²) in [6.07, 6.45) is 2.81. The lowest BCUT2D eigenvalue weighted by Crippen LogP contribution is -2.43. The standard InChI is InChI=1S/C35H33ClF2N6O3/c1-19(23-8-4-10-40-32(23)39)44-12-13-46-31-27-30(29(38)26(28(31)36)25-15-22(45)14-20-6-2-3-7-24(20)25)41-34(42-33(27)44)47-18-35-9-5-11-43(35)17-21(37)16-35/h2-4,6-8,10,14-15,19,21,45H,5,9,11-13,16-18H2,1H3,(H2,39,40)/t19-,21-,35+/m1/s1. The van der Waals surface area contributed by atoms with Crippen LogP contribution < -0.4 is 20.1 Å². The lowest BCUT2D eigenvalue weighted by Gasteiger charge is -2.32. The molecule has 5 heterocycles. The van der Waals surface area contributed by atoms with Crippen LogP contribution in [0, 0.1) is 5.82 Å². The van der Waals surface area contributed by atoms with E-state index in [-0.39, 0.29) is 52.9 Å². The van der Waals surface area contributed by atoms with Crippen LogP contribution in [0.1, 0.15) is 37.8 Å². The van der Waals surface area contributed by atoms with Gasteiger partial charge in [0.1, 0.15) is 42.3 Å². The van der Waals surface area contributed by atoms with E-state index >= 15 is 4.39 Å². The Kier molecular flexibility index (Phi) is 7.21. The smallest absolute Gasteiger partial charge is 0.319 e. The number of pyridine rings is 1. The van der Waals surface area contributed by atoms with Gasteiger partial charge in [-0.15, -0.1) is 0 Å². The third-order valence-electron chi connectivity index (χ3n) is 9.93. The van der Waals surface area contributed by atoms with Crippen molar-refractivity contribution >= 4 is 44.9 Å². The van der Waals surface area contributed by atoms with Gasteiger partial charge in [0.05, 0.1) is 28.5 Å². The minimum atomic E-state index is -0.929. The third kappa shape index (κ3) is 4.86. The number of nitrogen functional groups attached to an aromatic ring is 1. The highest BCUT2D eigenvalue weighted by Gasteiger charge is 2.49. The highest BCUT2D eigenvalue weighted by molar-refractivity contribution is 6.37. The van der Waals surface area contributed by atoms with Crippen molar-refractivity contribution in [2.24, 2.45) is 0 Å². The molecule has 0 spiro atoms. The summed E-state index contributed by atoms with van der Waals surface area (Å²) >= 11 is 7.07. The van der Waals surface area contributed by atoms with Crippen molar-refractivity contribution in [1.82, 2.24) is 19.9 Å². The molecule has 3 N–H and O–H groups in total. The first-order valence-electron chi connectivity index (χ1n) is 15.8. The average Bonchev–Trinajstić information content (AvgIpc) is 3.51. The van der Waals surface area contributed by atoms with E-state index < -0.39 is 17.5 Å². The fraction of sp³-hybridized carbons (Fsp3) is 0.343. The van der Waals surface area contributed by atoms with Crippen molar-refractivity contribution in [3.05, 3.63) is 71.1 Å². The van der Waals surface area contributed by atoms with Gasteiger partial charge in [-0.25, -0.2) is 13.8 Å². The Hall–Kier alpha value is -4.48. The van der Waals surface area contributed by atoms with Crippen molar-refractivity contribution in [2.75, 3.05) is 43.5 Å². The van der Waals surface area contributed by atoms with Crippen LogP contribution in [-0.4, -0.2) is 69.5 Å². The van der Waals surface area contributed by atoms with Crippen LogP contribution in [0.2, 0.25) is 5.02 Å². The van der Waals surface area contributed by atoms with Gasteiger partial charge in [0.25, 0.3) is 0 Å².